The number of aryl methyl sites for hydroxylation is 3. The van der Waals surface area contributed by atoms with Crippen LogP contribution in [0.1, 0.15) is 41.0 Å². The monoisotopic (exact) mass is 660 g/mol. The zero-order chi connectivity index (χ0) is 32.2. The summed E-state index contributed by atoms with van der Waals surface area (Å²) in [6.07, 6.45) is 2.76. The zero-order valence-corrected chi connectivity index (χ0v) is 28.2. The van der Waals surface area contributed by atoms with Crippen molar-refractivity contribution in [3.63, 3.8) is 0 Å². The van der Waals surface area contributed by atoms with E-state index >= 15 is 0 Å². The van der Waals surface area contributed by atoms with Gasteiger partial charge in [0.25, 0.3) is 5.91 Å². The summed E-state index contributed by atoms with van der Waals surface area (Å²) in [5.41, 5.74) is 14.4. The Morgan fingerprint density at radius 1 is 1.15 bits per heavy atom. The van der Waals surface area contributed by atoms with Crippen LogP contribution >= 0.6 is 23.2 Å². The molecule has 1 amide bonds. The maximum atomic E-state index is 13.8. The van der Waals surface area contributed by atoms with Crippen LogP contribution in [-0.2, 0) is 20.6 Å². The van der Waals surface area contributed by atoms with Crippen molar-refractivity contribution in [3.8, 4) is 17.3 Å². The third-order valence-corrected chi connectivity index (χ3v) is 11.5. The lowest BCUT2D eigenvalue weighted by atomic mass is 10.1. The highest BCUT2D eigenvalue weighted by molar-refractivity contribution is 6.50. The second-order valence-corrected chi connectivity index (χ2v) is 14.9. The lowest BCUT2D eigenvalue weighted by Gasteiger charge is -2.27. The van der Waals surface area contributed by atoms with Gasteiger partial charge in [-0.25, -0.2) is 4.98 Å². The highest BCUT2D eigenvalue weighted by Gasteiger charge is 2.52. The number of imidazole rings is 1. The van der Waals surface area contributed by atoms with Crippen LogP contribution < -0.4 is 15.8 Å². The SMILES string of the molecule is COc1cc(C(=O)N2CC3CCC2[C@@H]3N)cc2nc(-c3cc4cccc(Nc5c(C)nn(C)c5C)c4n3CC3CC3(Cl)Cl)n(C)c12. The van der Waals surface area contributed by atoms with Gasteiger partial charge in [0.1, 0.15) is 15.6 Å². The van der Waals surface area contributed by atoms with Crippen molar-refractivity contribution >= 4 is 62.4 Å². The summed E-state index contributed by atoms with van der Waals surface area (Å²) in [7, 11) is 5.57. The van der Waals surface area contributed by atoms with Gasteiger partial charge in [0, 0.05) is 56.1 Å². The van der Waals surface area contributed by atoms with Gasteiger partial charge in [0.05, 0.1) is 46.6 Å². The molecule has 2 aliphatic carbocycles. The van der Waals surface area contributed by atoms with E-state index in [-0.39, 0.29) is 23.9 Å². The van der Waals surface area contributed by atoms with E-state index in [9.17, 15) is 4.79 Å². The van der Waals surface area contributed by atoms with E-state index < -0.39 is 4.33 Å². The molecule has 12 heteroatoms. The summed E-state index contributed by atoms with van der Waals surface area (Å²) in [6.45, 7) is 5.39. The Morgan fingerprint density at radius 2 is 1.93 bits per heavy atom. The van der Waals surface area contributed by atoms with Crippen molar-refractivity contribution in [1.29, 1.82) is 0 Å². The molecule has 2 aromatic carbocycles. The molecule has 8 rings (SSSR count). The molecule has 4 atom stereocenters. The van der Waals surface area contributed by atoms with Crippen LogP contribution in [0.15, 0.2) is 36.4 Å². The largest absolute Gasteiger partial charge is 0.494 e. The molecule has 2 saturated carbocycles. The number of ether oxygens (including phenoxy) is 1. The number of benzene rings is 2. The number of amides is 1. The number of nitrogens with zero attached hydrogens (tertiary/aromatic N) is 6. The predicted molar refractivity (Wildman–Crippen MR) is 182 cm³/mol. The van der Waals surface area contributed by atoms with Crippen molar-refractivity contribution in [2.75, 3.05) is 19.0 Å². The summed E-state index contributed by atoms with van der Waals surface area (Å²) < 4.78 is 11.3. The van der Waals surface area contributed by atoms with E-state index in [2.05, 4.69) is 46.2 Å². The number of rotatable bonds is 7. The first-order chi connectivity index (χ1) is 22.0. The Labute approximate surface area is 277 Å². The van der Waals surface area contributed by atoms with E-state index in [1.807, 2.05) is 47.3 Å². The third-order valence-electron chi connectivity index (χ3n) is 10.6. The van der Waals surface area contributed by atoms with Crippen LogP contribution in [0, 0.1) is 25.7 Å². The number of para-hydroxylation sites is 1. The number of fused-ring (bicyclic) bond motifs is 4. The first-order valence-electron chi connectivity index (χ1n) is 15.9. The number of carbonyl (C=O) groups excluding carboxylic acids is 1. The van der Waals surface area contributed by atoms with Crippen molar-refractivity contribution in [3.05, 3.63) is 53.3 Å². The molecule has 3 unspecified atom stereocenters. The van der Waals surface area contributed by atoms with Crippen LogP contribution in [0.4, 0.5) is 11.4 Å². The van der Waals surface area contributed by atoms with E-state index in [0.29, 0.717) is 35.8 Å². The fourth-order valence-corrected chi connectivity index (χ4v) is 8.35. The van der Waals surface area contributed by atoms with Crippen LogP contribution in [0.3, 0.4) is 0 Å². The Bertz CT molecular complexity index is 2060. The fourth-order valence-electron chi connectivity index (χ4n) is 7.84. The van der Waals surface area contributed by atoms with E-state index in [1.165, 1.54) is 0 Å². The summed E-state index contributed by atoms with van der Waals surface area (Å²) in [4.78, 5) is 20.9. The van der Waals surface area contributed by atoms with Gasteiger partial charge in [-0.05, 0) is 63.3 Å². The number of likely N-dealkylation sites (tertiary alicyclic amines) is 1. The summed E-state index contributed by atoms with van der Waals surface area (Å²) in [5.74, 6) is 1.81. The van der Waals surface area contributed by atoms with Crippen LogP contribution in [0.2, 0.25) is 0 Å². The van der Waals surface area contributed by atoms with Gasteiger partial charge in [0.2, 0.25) is 0 Å². The van der Waals surface area contributed by atoms with Gasteiger partial charge in [-0.2, -0.15) is 5.10 Å². The van der Waals surface area contributed by atoms with Gasteiger partial charge in [0.15, 0.2) is 5.82 Å². The number of halogens is 2. The number of piperidine rings is 1. The van der Waals surface area contributed by atoms with Crippen molar-refractivity contribution in [1.82, 2.24) is 28.8 Å². The Morgan fingerprint density at radius 3 is 2.57 bits per heavy atom. The topological polar surface area (TPSA) is 108 Å². The molecule has 1 saturated heterocycles. The van der Waals surface area contributed by atoms with E-state index in [0.717, 1.165) is 70.0 Å². The molecule has 3 N–H and O–H groups in total. The molecule has 46 heavy (non-hydrogen) atoms. The summed E-state index contributed by atoms with van der Waals surface area (Å²) in [6, 6.07) is 12.3. The average molecular weight is 662 g/mol. The Hall–Kier alpha value is -3.73. The number of aromatic nitrogens is 5. The Balaban J connectivity index is 1.26. The molecular formula is C34H38Cl2N8O2. The molecule has 2 bridgehead atoms. The first-order valence-corrected chi connectivity index (χ1v) is 16.6. The standard InChI is InChI=1S/C34H38Cl2N8O2/c1-17-29(18(2)42(4)40-17)38-23-8-6-7-19-12-26(43(30(19)23)16-22-14-34(22,35)36)32-39-24-11-21(13-27(46-5)31(24)41(32)3)33(45)44-15-20-9-10-25(44)28(20)37/h6-8,11-13,20,22,25,28,38H,9-10,14-16,37H2,1-5H3/t20?,22?,25?,28-/m1/s1. The highest BCUT2D eigenvalue weighted by atomic mass is 35.5. The van der Waals surface area contributed by atoms with Gasteiger partial charge < -0.3 is 29.8 Å². The third kappa shape index (κ3) is 4.44. The zero-order valence-electron chi connectivity index (χ0n) is 26.6. The van der Waals surface area contributed by atoms with Gasteiger partial charge >= 0.3 is 0 Å². The van der Waals surface area contributed by atoms with Crippen molar-refractivity contribution in [2.45, 2.75) is 56.1 Å². The molecule has 10 nitrogen and oxygen atoms in total. The number of hydrogen-bond acceptors (Lipinski definition) is 6. The lowest BCUT2D eigenvalue weighted by Crippen LogP contribution is -2.41. The average Bonchev–Trinajstić information content (AvgIpc) is 3.53. The highest BCUT2D eigenvalue weighted by Crippen LogP contribution is 2.55. The molecule has 1 aliphatic heterocycles. The van der Waals surface area contributed by atoms with E-state index in [1.54, 1.807) is 7.11 Å². The quantitative estimate of drug-likeness (QED) is 0.206. The molecule has 240 valence electrons. The summed E-state index contributed by atoms with van der Waals surface area (Å²) in [5, 5.41) is 9.34. The Kier molecular flexibility index (Phi) is 6.70. The molecule has 5 aromatic rings. The van der Waals surface area contributed by atoms with E-state index in [4.69, 9.17) is 38.7 Å². The molecule has 3 aromatic heterocycles. The van der Waals surface area contributed by atoms with Crippen molar-refractivity contribution < 1.29 is 9.53 Å². The number of alkyl halides is 2. The minimum atomic E-state index is -0.755. The number of carbonyl (C=O) groups is 1. The van der Waals surface area contributed by atoms with Gasteiger partial charge in [-0.3, -0.25) is 9.48 Å². The predicted octanol–water partition coefficient (Wildman–Crippen LogP) is 6.05. The number of anilines is 2. The number of nitrogens with one attached hydrogen (secondary N) is 1. The smallest absolute Gasteiger partial charge is 0.254 e. The van der Waals surface area contributed by atoms with Gasteiger partial charge in [-0.15, -0.1) is 23.2 Å². The number of nitrogens with two attached hydrogens (primary N) is 1. The maximum absolute atomic E-state index is 13.8. The maximum Gasteiger partial charge on any atom is 0.254 e. The number of methoxy groups -OCH3 is 1. The fraction of sp³-hybridized carbons (Fsp3) is 0.441. The van der Waals surface area contributed by atoms with Gasteiger partial charge in [-0.1, -0.05) is 12.1 Å². The molecule has 4 heterocycles. The van der Waals surface area contributed by atoms with Crippen LogP contribution in [0.25, 0.3) is 33.5 Å². The second kappa shape index (κ2) is 10.4. The lowest BCUT2D eigenvalue weighted by molar-refractivity contribution is 0.0700. The molecule has 0 radical (unpaired) electrons. The van der Waals surface area contributed by atoms with Crippen LogP contribution in [-0.4, -0.2) is 64.8 Å². The van der Waals surface area contributed by atoms with Crippen LogP contribution in [0.5, 0.6) is 5.75 Å². The molecule has 3 aliphatic rings. The minimum absolute atomic E-state index is 0.0184. The summed E-state index contributed by atoms with van der Waals surface area (Å²) >= 11 is 13.2. The first kappa shape index (κ1) is 29.7. The number of hydrogen-bond donors (Lipinski definition) is 2. The van der Waals surface area contributed by atoms with Crippen molar-refractivity contribution in [2.24, 2.45) is 31.7 Å². The molecule has 3 fully saturated rings. The second-order valence-electron chi connectivity index (χ2n) is 13.3. The normalized spacial score (nSPS) is 23.2. The minimum Gasteiger partial charge on any atom is -0.494 e. The molecular weight excluding hydrogens is 623 g/mol. The molecule has 0 spiro atoms.